The van der Waals surface area contributed by atoms with Crippen molar-refractivity contribution >= 4 is 29.9 Å². The zero-order chi connectivity index (χ0) is 18.4. The summed E-state index contributed by atoms with van der Waals surface area (Å²) in [6.45, 7) is 5.50. The second-order valence-electron chi connectivity index (χ2n) is 6.26. The molecule has 6 heteroatoms. The Morgan fingerprint density at radius 3 is 2.44 bits per heavy atom. The van der Waals surface area contributed by atoms with Crippen LogP contribution in [0, 0.1) is 13.8 Å². The highest BCUT2D eigenvalue weighted by Gasteiger charge is 2.07. The first-order valence-electron chi connectivity index (χ1n) is 8.67. The molecule has 0 amide bonds. The highest BCUT2D eigenvalue weighted by molar-refractivity contribution is 14.0. The standard InChI is InChI=1S/C21H24N4O.HI/c1-15-9-10-18(16(2)11-15)13-23-21(22-3)24-14-19-12-20(26-25-19)17-7-5-4-6-8-17;/h4-12H,13-14H2,1-3H3,(H2,22,23,24);1H. The Hall–Kier alpha value is -2.35. The third kappa shape index (κ3) is 5.82. The van der Waals surface area contributed by atoms with Gasteiger partial charge in [-0.05, 0) is 25.0 Å². The lowest BCUT2D eigenvalue weighted by molar-refractivity contribution is 0.422. The molecule has 1 heterocycles. The number of aliphatic imine (C=N–C) groups is 1. The molecule has 27 heavy (non-hydrogen) atoms. The number of guanidine groups is 1. The van der Waals surface area contributed by atoms with Gasteiger partial charge in [-0.15, -0.1) is 24.0 Å². The third-order valence-electron chi connectivity index (χ3n) is 4.22. The van der Waals surface area contributed by atoms with Crippen LogP contribution in [0.5, 0.6) is 0 Å². The molecular formula is C21H25IN4O. The van der Waals surface area contributed by atoms with E-state index in [9.17, 15) is 0 Å². The lowest BCUT2D eigenvalue weighted by Gasteiger charge is -2.12. The van der Waals surface area contributed by atoms with Crippen LogP contribution in [-0.2, 0) is 13.1 Å². The van der Waals surface area contributed by atoms with Gasteiger partial charge in [0.15, 0.2) is 11.7 Å². The summed E-state index contributed by atoms with van der Waals surface area (Å²) in [4.78, 5) is 4.27. The molecule has 0 aliphatic rings. The number of aryl methyl sites for hydroxylation is 2. The largest absolute Gasteiger partial charge is 0.356 e. The highest BCUT2D eigenvalue weighted by atomic mass is 127. The summed E-state index contributed by atoms with van der Waals surface area (Å²) in [5.74, 6) is 1.50. The molecule has 0 atom stereocenters. The highest BCUT2D eigenvalue weighted by Crippen LogP contribution is 2.19. The molecule has 0 spiro atoms. The molecule has 2 aromatic carbocycles. The number of benzene rings is 2. The average Bonchev–Trinajstić information content (AvgIpc) is 3.13. The predicted molar refractivity (Wildman–Crippen MR) is 120 cm³/mol. The molecule has 0 saturated heterocycles. The van der Waals surface area contributed by atoms with E-state index in [-0.39, 0.29) is 24.0 Å². The number of hydrogen-bond acceptors (Lipinski definition) is 3. The molecule has 5 nitrogen and oxygen atoms in total. The number of nitrogens with zero attached hydrogens (tertiary/aromatic N) is 2. The van der Waals surface area contributed by atoms with Crippen LogP contribution in [0.1, 0.15) is 22.4 Å². The summed E-state index contributed by atoms with van der Waals surface area (Å²) in [7, 11) is 1.76. The van der Waals surface area contributed by atoms with Gasteiger partial charge in [-0.1, -0.05) is 59.3 Å². The normalized spacial score (nSPS) is 11.0. The molecule has 0 aliphatic carbocycles. The van der Waals surface area contributed by atoms with Crippen molar-refractivity contribution in [2.45, 2.75) is 26.9 Å². The molecule has 0 fully saturated rings. The Balaban J connectivity index is 0.00000261. The van der Waals surface area contributed by atoms with Crippen molar-refractivity contribution in [3.05, 3.63) is 77.0 Å². The molecule has 1 aromatic heterocycles. The van der Waals surface area contributed by atoms with Gasteiger partial charge in [0.05, 0.1) is 6.54 Å². The maximum atomic E-state index is 5.42. The Kier molecular flexibility index (Phi) is 7.84. The van der Waals surface area contributed by atoms with Gasteiger partial charge in [0.25, 0.3) is 0 Å². The molecule has 0 radical (unpaired) electrons. The fraction of sp³-hybridized carbons (Fsp3) is 0.238. The molecule has 0 bridgehead atoms. The van der Waals surface area contributed by atoms with Gasteiger partial charge >= 0.3 is 0 Å². The van der Waals surface area contributed by atoms with Gasteiger partial charge in [0.1, 0.15) is 5.69 Å². The molecule has 0 aliphatic heterocycles. The summed E-state index contributed by atoms with van der Waals surface area (Å²) >= 11 is 0. The quantitative estimate of drug-likeness (QED) is 0.325. The van der Waals surface area contributed by atoms with Crippen LogP contribution in [-0.4, -0.2) is 18.2 Å². The van der Waals surface area contributed by atoms with Crippen molar-refractivity contribution in [1.82, 2.24) is 15.8 Å². The summed E-state index contributed by atoms with van der Waals surface area (Å²) in [6.07, 6.45) is 0. The first kappa shape index (κ1) is 21.0. The van der Waals surface area contributed by atoms with Crippen molar-refractivity contribution in [3.8, 4) is 11.3 Å². The number of aromatic nitrogens is 1. The summed E-state index contributed by atoms with van der Waals surface area (Å²) < 4.78 is 5.42. The van der Waals surface area contributed by atoms with Crippen LogP contribution in [0.15, 0.2) is 64.1 Å². The first-order valence-corrected chi connectivity index (χ1v) is 8.67. The Labute approximate surface area is 177 Å². The minimum atomic E-state index is 0. The number of halogens is 1. The molecule has 142 valence electrons. The van der Waals surface area contributed by atoms with Crippen LogP contribution in [0.2, 0.25) is 0 Å². The van der Waals surface area contributed by atoms with Crippen LogP contribution in [0.4, 0.5) is 0 Å². The van der Waals surface area contributed by atoms with E-state index < -0.39 is 0 Å². The van der Waals surface area contributed by atoms with E-state index >= 15 is 0 Å². The molecule has 2 N–H and O–H groups in total. The minimum absolute atomic E-state index is 0. The fourth-order valence-corrected chi connectivity index (χ4v) is 2.75. The van der Waals surface area contributed by atoms with Crippen LogP contribution >= 0.6 is 24.0 Å². The summed E-state index contributed by atoms with van der Waals surface area (Å²) in [6, 6.07) is 18.4. The van der Waals surface area contributed by atoms with Crippen molar-refractivity contribution < 1.29 is 4.52 Å². The van der Waals surface area contributed by atoms with Crippen molar-refractivity contribution in [1.29, 1.82) is 0 Å². The molecule has 3 rings (SSSR count). The van der Waals surface area contributed by atoms with E-state index in [0.29, 0.717) is 6.54 Å². The molecule has 0 unspecified atom stereocenters. The summed E-state index contributed by atoms with van der Waals surface area (Å²) in [5.41, 5.74) is 5.65. The van der Waals surface area contributed by atoms with Crippen LogP contribution in [0.3, 0.4) is 0 Å². The lowest BCUT2D eigenvalue weighted by atomic mass is 10.1. The summed E-state index contributed by atoms with van der Waals surface area (Å²) in [5, 5.41) is 10.7. The lowest BCUT2D eigenvalue weighted by Crippen LogP contribution is -2.36. The van der Waals surface area contributed by atoms with Gasteiger partial charge in [-0.3, -0.25) is 4.99 Å². The zero-order valence-electron chi connectivity index (χ0n) is 15.8. The van der Waals surface area contributed by atoms with Crippen molar-refractivity contribution in [2.24, 2.45) is 4.99 Å². The van der Waals surface area contributed by atoms with Crippen molar-refractivity contribution in [3.63, 3.8) is 0 Å². The number of hydrogen-bond donors (Lipinski definition) is 2. The second kappa shape index (κ2) is 10.1. The number of rotatable bonds is 5. The smallest absolute Gasteiger partial charge is 0.191 e. The zero-order valence-corrected chi connectivity index (χ0v) is 18.2. The second-order valence-corrected chi connectivity index (χ2v) is 6.26. The predicted octanol–water partition coefficient (Wildman–Crippen LogP) is 4.44. The maximum absolute atomic E-state index is 5.42. The van der Waals surface area contributed by atoms with E-state index in [2.05, 4.69) is 52.8 Å². The van der Waals surface area contributed by atoms with Crippen LogP contribution in [0.25, 0.3) is 11.3 Å². The monoisotopic (exact) mass is 476 g/mol. The van der Waals surface area contributed by atoms with E-state index in [4.69, 9.17) is 4.52 Å². The Bertz CT molecular complexity index is 890. The van der Waals surface area contributed by atoms with E-state index in [1.807, 2.05) is 36.4 Å². The van der Waals surface area contributed by atoms with Gasteiger partial charge < -0.3 is 15.2 Å². The van der Waals surface area contributed by atoms with E-state index in [1.165, 1.54) is 16.7 Å². The minimum Gasteiger partial charge on any atom is -0.356 e. The molecular weight excluding hydrogens is 451 g/mol. The maximum Gasteiger partial charge on any atom is 0.191 e. The third-order valence-corrected chi connectivity index (χ3v) is 4.22. The SMILES string of the molecule is CN=C(NCc1cc(-c2ccccc2)on1)NCc1ccc(C)cc1C.I. The molecule has 3 aromatic rings. The van der Waals surface area contributed by atoms with Crippen LogP contribution < -0.4 is 10.6 Å². The van der Waals surface area contributed by atoms with Crippen molar-refractivity contribution in [2.75, 3.05) is 7.05 Å². The first-order chi connectivity index (χ1) is 12.7. The van der Waals surface area contributed by atoms with E-state index in [0.717, 1.165) is 29.5 Å². The number of nitrogens with one attached hydrogen (secondary N) is 2. The Morgan fingerprint density at radius 2 is 1.74 bits per heavy atom. The van der Waals surface area contributed by atoms with Gasteiger partial charge in [-0.25, -0.2) is 0 Å². The van der Waals surface area contributed by atoms with Gasteiger partial charge in [0, 0.05) is 25.2 Å². The van der Waals surface area contributed by atoms with E-state index in [1.54, 1.807) is 7.05 Å². The van der Waals surface area contributed by atoms with Gasteiger partial charge in [-0.2, -0.15) is 0 Å². The molecule has 0 saturated carbocycles. The Morgan fingerprint density at radius 1 is 1.00 bits per heavy atom. The topological polar surface area (TPSA) is 62.5 Å². The average molecular weight is 476 g/mol. The van der Waals surface area contributed by atoms with Gasteiger partial charge in [0.2, 0.25) is 0 Å². The fourth-order valence-electron chi connectivity index (χ4n) is 2.75.